The number of benzene rings is 1. The van der Waals surface area contributed by atoms with Crippen molar-refractivity contribution in [3.8, 4) is 5.75 Å². The number of nitrogens with zero attached hydrogens (tertiary/aromatic N) is 2. The molecule has 1 heterocycles. The fourth-order valence-corrected chi connectivity index (χ4v) is 1.81. The third-order valence-corrected chi connectivity index (χ3v) is 2.64. The van der Waals surface area contributed by atoms with E-state index in [2.05, 4.69) is 17.2 Å². The summed E-state index contributed by atoms with van der Waals surface area (Å²) in [5.74, 6) is 0.868. The van der Waals surface area contributed by atoms with Gasteiger partial charge in [0.15, 0.2) is 0 Å². The number of aryl methyl sites for hydroxylation is 1. The van der Waals surface area contributed by atoms with Crippen LogP contribution in [0.2, 0.25) is 0 Å². The van der Waals surface area contributed by atoms with Crippen molar-refractivity contribution in [1.29, 1.82) is 0 Å². The fraction of sp³-hybridized carbons (Fsp3) is 0.357. The minimum Gasteiger partial charge on any atom is -0.489 e. The van der Waals surface area contributed by atoms with Gasteiger partial charge in [-0.15, -0.1) is 0 Å². The number of nitrogens with two attached hydrogens (primary N) is 1. The fourth-order valence-electron chi connectivity index (χ4n) is 1.81. The quantitative estimate of drug-likeness (QED) is 0.875. The lowest BCUT2D eigenvalue weighted by Crippen LogP contribution is -2.17. The summed E-state index contributed by atoms with van der Waals surface area (Å²) in [6.07, 6.45) is 4.65. The van der Waals surface area contributed by atoms with Crippen LogP contribution in [-0.4, -0.2) is 15.8 Å². The summed E-state index contributed by atoms with van der Waals surface area (Å²) in [6.45, 7) is 2.55. The highest BCUT2D eigenvalue weighted by Crippen LogP contribution is 2.14. The van der Waals surface area contributed by atoms with Gasteiger partial charge in [-0.05, 0) is 31.0 Å². The van der Waals surface area contributed by atoms with E-state index in [1.165, 1.54) is 5.56 Å². The number of ether oxygens (including phenoxy) is 1. The Hall–Kier alpha value is -1.81. The summed E-state index contributed by atoms with van der Waals surface area (Å²) >= 11 is 0. The normalized spacial score (nSPS) is 12.4. The number of hydrogen-bond donors (Lipinski definition) is 1. The van der Waals surface area contributed by atoms with E-state index >= 15 is 0 Å². The van der Waals surface area contributed by atoms with Gasteiger partial charge in [0.05, 0.1) is 6.20 Å². The molecule has 0 aliphatic rings. The van der Waals surface area contributed by atoms with Crippen molar-refractivity contribution in [2.24, 2.45) is 12.8 Å². The van der Waals surface area contributed by atoms with Gasteiger partial charge < -0.3 is 10.5 Å². The Balaban J connectivity index is 1.90. The van der Waals surface area contributed by atoms with Crippen LogP contribution in [0.4, 0.5) is 0 Å². The summed E-state index contributed by atoms with van der Waals surface area (Å²) in [5.41, 5.74) is 8.06. The zero-order chi connectivity index (χ0) is 13.0. The van der Waals surface area contributed by atoms with Crippen molar-refractivity contribution in [2.75, 3.05) is 0 Å². The van der Waals surface area contributed by atoms with E-state index in [0.29, 0.717) is 6.61 Å². The van der Waals surface area contributed by atoms with Crippen molar-refractivity contribution in [3.05, 3.63) is 47.8 Å². The molecule has 0 aliphatic heterocycles. The van der Waals surface area contributed by atoms with Gasteiger partial charge in [-0.2, -0.15) is 5.10 Å². The van der Waals surface area contributed by atoms with Crippen LogP contribution < -0.4 is 10.5 Å². The van der Waals surface area contributed by atoms with Gasteiger partial charge in [0.25, 0.3) is 0 Å². The summed E-state index contributed by atoms with van der Waals surface area (Å²) < 4.78 is 7.45. The first kappa shape index (κ1) is 12.6. The van der Waals surface area contributed by atoms with E-state index in [0.717, 1.165) is 17.7 Å². The molecule has 0 aliphatic carbocycles. The van der Waals surface area contributed by atoms with Crippen LogP contribution >= 0.6 is 0 Å². The first-order valence-corrected chi connectivity index (χ1v) is 6.08. The van der Waals surface area contributed by atoms with Crippen LogP contribution in [0.3, 0.4) is 0 Å². The summed E-state index contributed by atoms with van der Waals surface area (Å²) in [7, 11) is 1.90. The van der Waals surface area contributed by atoms with Crippen LogP contribution in [0, 0.1) is 0 Å². The maximum absolute atomic E-state index is 5.76. The SMILES string of the molecule is CC(N)Cc1ccc(OCc2cnn(C)c2)cc1. The van der Waals surface area contributed by atoms with Gasteiger partial charge in [0.2, 0.25) is 0 Å². The van der Waals surface area contributed by atoms with Gasteiger partial charge >= 0.3 is 0 Å². The third-order valence-electron chi connectivity index (χ3n) is 2.64. The monoisotopic (exact) mass is 245 g/mol. The molecule has 2 N–H and O–H groups in total. The molecule has 0 spiro atoms. The molecule has 4 heteroatoms. The van der Waals surface area contributed by atoms with Gasteiger partial charge in [-0.3, -0.25) is 4.68 Å². The van der Waals surface area contributed by atoms with Crippen molar-refractivity contribution in [2.45, 2.75) is 26.0 Å². The molecule has 1 aromatic carbocycles. The Bertz CT molecular complexity index is 488. The Morgan fingerprint density at radius 1 is 1.28 bits per heavy atom. The second-order valence-corrected chi connectivity index (χ2v) is 4.64. The van der Waals surface area contributed by atoms with E-state index in [1.54, 1.807) is 4.68 Å². The van der Waals surface area contributed by atoms with E-state index in [4.69, 9.17) is 10.5 Å². The molecular weight excluding hydrogens is 226 g/mol. The predicted molar refractivity (Wildman–Crippen MR) is 71.3 cm³/mol. The van der Waals surface area contributed by atoms with E-state index < -0.39 is 0 Å². The van der Waals surface area contributed by atoms with Gasteiger partial charge in [0, 0.05) is 24.8 Å². The second kappa shape index (κ2) is 5.69. The molecule has 2 aromatic rings. The second-order valence-electron chi connectivity index (χ2n) is 4.64. The molecule has 0 radical (unpaired) electrons. The van der Waals surface area contributed by atoms with Crippen molar-refractivity contribution in [1.82, 2.24) is 9.78 Å². The maximum Gasteiger partial charge on any atom is 0.119 e. The van der Waals surface area contributed by atoms with Crippen LogP contribution in [0.1, 0.15) is 18.1 Å². The Morgan fingerprint density at radius 2 is 2.00 bits per heavy atom. The van der Waals surface area contributed by atoms with E-state index in [1.807, 2.05) is 38.5 Å². The highest BCUT2D eigenvalue weighted by Gasteiger charge is 2.00. The lowest BCUT2D eigenvalue weighted by molar-refractivity contribution is 0.306. The molecule has 0 bridgehead atoms. The maximum atomic E-state index is 5.76. The average molecular weight is 245 g/mol. The summed E-state index contributed by atoms with van der Waals surface area (Å²) in [5, 5.41) is 4.10. The van der Waals surface area contributed by atoms with Crippen LogP contribution in [-0.2, 0) is 20.1 Å². The zero-order valence-corrected chi connectivity index (χ0v) is 10.8. The van der Waals surface area contributed by atoms with E-state index in [9.17, 15) is 0 Å². The average Bonchev–Trinajstić information content (AvgIpc) is 2.74. The smallest absolute Gasteiger partial charge is 0.119 e. The number of aromatic nitrogens is 2. The molecule has 1 aromatic heterocycles. The number of rotatable bonds is 5. The van der Waals surface area contributed by atoms with Gasteiger partial charge in [-0.25, -0.2) is 0 Å². The van der Waals surface area contributed by atoms with Crippen LogP contribution in [0.5, 0.6) is 5.75 Å². The van der Waals surface area contributed by atoms with E-state index in [-0.39, 0.29) is 6.04 Å². The van der Waals surface area contributed by atoms with Crippen LogP contribution in [0.25, 0.3) is 0 Å². The molecule has 0 fully saturated rings. The summed E-state index contributed by atoms with van der Waals surface area (Å²) in [4.78, 5) is 0. The first-order valence-electron chi connectivity index (χ1n) is 6.08. The minimum absolute atomic E-state index is 0.187. The van der Waals surface area contributed by atoms with Crippen LogP contribution in [0.15, 0.2) is 36.7 Å². The molecule has 18 heavy (non-hydrogen) atoms. The highest BCUT2D eigenvalue weighted by molar-refractivity contribution is 5.28. The predicted octanol–water partition coefficient (Wildman–Crippen LogP) is 1.89. The minimum atomic E-state index is 0.187. The third kappa shape index (κ3) is 3.60. The van der Waals surface area contributed by atoms with Gasteiger partial charge in [0.1, 0.15) is 12.4 Å². The largest absolute Gasteiger partial charge is 0.489 e. The standard InChI is InChI=1S/C14H19N3O/c1-11(15)7-12-3-5-14(6-4-12)18-10-13-8-16-17(2)9-13/h3-6,8-9,11H,7,10,15H2,1-2H3. The topological polar surface area (TPSA) is 53.1 Å². The molecule has 4 nitrogen and oxygen atoms in total. The first-order chi connectivity index (χ1) is 8.63. The molecular formula is C14H19N3O. The molecule has 0 saturated carbocycles. The lowest BCUT2D eigenvalue weighted by Gasteiger charge is -2.07. The Morgan fingerprint density at radius 3 is 2.56 bits per heavy atom. The van der Waals surface area contributed by atoms with Gasteiger partial charge in [-0.1, -0.05) is 12.1 Å². The Kier molecular flexibility index (Phi) is 3.99. The lowest BCUT2D eigenvalue weighted by atomic mass is 10.1. The van der Waals surface area contributed by atoms with Crippen molar-refractivity contribution < 1.29 is 4.74 Å². The Labute approximate surface area is 107 Å². The molecule has 1 unspecified atom stereocenters. The number of hydrogen-bond acceptors (Lipinski definition) is 3. The molecule has 0 amide bonds. The zero-order valence-electron chi connectivity index (χ0n) is 10.8. The molecule has 2 rings (SSSR count). The molecule has 1 atom stereocenters. The molecule has 96 valence electrons. The summed E-state index contributed by atoms with van der Waals surface area (Å²) in [6, 6.07) is 8.26. The highest BCUT2D eigenvalue weighted by atomic mass is 16.5. The van der Waals surface area contributed by atoms with Crippen molar-refractivity contribution >= 4 is 0 Å². The van der Waals surface area contributed by atoms with Crippen molar-refractivity contribution in [3.63, 3.8) is 0 Å². The molecule has 0 saturated heterocycles.